The van der Waals surface area contributed by atoms with Crippen LogP contribution in [0.1, 0.15) is 17.5 Å². The van der Waals surface area contributed by atoms with Crippen molar-refractivity contribution in [3.05, 3.63) is 74.2 Å². The Labute approximate surface area is 167 Å². The lowest BCUT2D eigenvalue weighted by molar-refractivity contribution is -0.384. The highest BCUT2D eigenvalue weighted by atomic mass is 79.9. The second-order valence-corrected chi connectivity index (χ2v) is 7.53. The summed E-state index contributed by atoms with van der Waals surface area (Å²) in [5, 5.41) is 10.9. The normalized spacial score (nSPS) is 14.9. The highest BCUT2D eigenvalue weighted by Crippen LogP contribution is 2.19. The van der Waals surface area contributed by atoms with Crippen LogP contribution in [0.3, 0.4) is 0 Å². The first kappa shape index (κ1) is 19.5. The minimum absolute atomic E-state index is 0.119. The molecule has 3 rings (SSSR count). The van der Waals surface area contributed by atoms with Crippen molar-refractivity contribution < 1.29 is 9.72 Å². The summed E-state index contributed by atoms with van der Waals surface area (Å²) in [6.07, 6.45) is 1.24. The summed E-state index contributed by atoms with van der Waals surface area (Å²) in [4.78, 5) is 27.2. The first-order valence-corrected chi connectivity index (χ1v) is 9.79. The molecule has 0 radical (unpaired) electrons. The second-order valence-electron chi connectivity index (χ2n) is 6.68. The van der Waals surface area contributed by atoms with Crippen molar-refractivity contribution in [2.45, 2.75) is 19.4 Å². The lowest BCUT2D eigenvalue weighted by Gasteiger charge is -2.34. The summed E-state index contributed by atoms with van der Waals surface area (Å²) < 4.78 is 1.04. The number of nitrogens with zero attached hydrogens (tertiary/aromatic N) is 3. The van der Waals surface area contributed by atoms with Gasteiger partial charge in [-0.3, -0.25) is 19.8 Å². The molecule has 0 bridgehead atoms. The molecule has 27 heavy (non-hydrogen) atoms. The monoisotopic (exact) mass is 431 g/mol. The lowest BCUT2D eigenvalue weighted by Crippen LogP contribution is -2.48. The van der Waals surface area contributed by atoms with Gasteiger partial charge in [-0.1, -0.05) is 46.3 Å². The van der Waals surface area contributed by atoms with Crippen LogP contribution in [0.2, 0.25) is 0 Å². The fraction of sp³-hybridized carbons (Fsp3) is 0.350. The van der Waals surface area contributed by atoms with Crippen LogP contribution in [0.4, 0.5) is 5.69 Å². The largest absolute Gasteiger partial charge is 0.340 e. The quantitative estimate of drug-likeness (QED) is 0.517. The van der Waals surface area contributed by atoms with E-state index in [4.69, 9.17) is 0 Å². The van der Waals surface area contributed by atoms with Crippen molar-refractivity contribution in [3.63, 3.8) is 0 Å². The molecule has 0 atom stereocenters. The van der Waals surface area contributed by atoms with Gasteiger partial charge in [0.2, 0.25) is 5.91 Å². The van der Waals surface area contributed by atoms with Gasteiger partial charge in [-0.15, -0.1) is 0 Å². The van der Waals surface area contributed by atoms with E-state index in [2.05, 4.69) is 20.8 Å². The van der Waals surface area contributed by atoms with Gasteiger partial charge in [0.1, 0.15) is 0 Å². The van der Waals surface area contributed by atoms with E-state index in [0.29, 0.717) is 26.1 Å². The van der Waals surface area contributed by atoms with Crippen LogP contribution in [0.5, 0.6) is 0 Å². The first-order valence-electron chi connectivity index (χ1n) is 9.00. The van der Waals surface area contributed by atoms with Crippen molar-refractivity contribution >= 4 is 27.5 Å². The molecule has 1 saturated heterocycles. The van der Waals surface area contributed by atoms with Crippen molar-refractivity contribution in [1.82, 2.24) is 9.80 Å². The molecule has 1 amide bonds. The fourth-order valence-corrected chi connectivity index (χ4v) is 3.77. The number of piperazine rings is 1. The molecule has 0 aliphatic carbocycles. The second kappa shape index (κ2) is 9.10. The Morgan fingerprint density at radius 2 is 1.81 bits per heavy atom. The summed E-state index contributed by atoms with van der Waals surface area (Å²) in [5.41, 5.74) is 2.20. The first-order chi connectivity index (χ1) is 13.0. The number of carbonyl (C=O) groups is 1. The molecule has 7 heteroatoms. The van der Waals surface area contributed by atoms with Gasteiger partial charge in [0.05, 0.1) is 4.92 Å². The maximum Gasteiger partial charge on any atom is 0.269 e. The number of aryl methyl sites for hydroxylation is 1. The maximum atomic E-state index is 12.5. The molecule has 1 heterocycles. The Balaban J connectivity index is 1.47. The summed E-state index contributed by atoms with van der Waals surface area (Å²) in [6, 6.07) is 14.7. The standard InChI is InChI=1S/C20H22BrN3O3/c21-19-7-2-1-5-17(19)8-9-20(25)23-12-10-22(11-13-23)15-16-4-3-6-18(14-16)24(26)27/h1-7,14H,8-13,15H2. The molecule has 0 unspecified atom stereocenters. The number of benzene rings is 2. The maximum absolute atomic E-state index is 12.5. The molecule has 2 aromatic carbocycles. The van der Waals surface area contributed by atoms with Crippen LogP contribution in [0.25, 0.3) is 0 Å². The molecule has 0 aromatic heterocycles. The Morgan fingerprint density at radius 3 is 2.52 bits per heavy atom. The Morgan fingerprint density at radius 1 is 1.07 bits per heavy atom. The van der Waals surface area contributed by atoms with Gasteiger partial charge in [0.15, 0.2) is 0 Å². The average Bonchev–Trinajstić information content (AvgIpc) is 2.68. The summed E-state index contributed by atoms with van der Waals surface area (Å²) in [6.45, 7) is 3.63. The van der Waals surface area contributed by atoms with E-state index in [1.165, 1.54) is 6.07 Å². The van der Waals surface area contributed by atoms with E-state index in [0.717, 1.165) is 35.1 Å². The fourth-order valence-electron chi connectivity index (χ4n) is 3.28. The molecule has 142 valence electrons. The number of carbonyl (C=O) groups excluding carboxylic acids is 1. The van der Waals surface area contributed by atoms with E-state index in [9.17, 15) is 14.9 Å². The van der Waals surface area contributed by atoms with Crippen molar-refractivity contribution in [2.75, 3.05) is 26.2 Å². The van der Waals surface area contributed by atoms with E-state index in [-0.39, 0.29) is 16.5 Å². The Bertz CT molecular complexity index is 820. The number of hydrogen-bond donors (Lipinski definition) is 0. The molecule has 0 N–H and O–H groups in total. The van der Waals surface area contributed by atoms with E-state index in [1.54, 1.807) is 12.1 Å². The zero-order chi connectivity index (χ0) is 19.2. The third-order valence-corrected chi connectivity index (χ3v) is 5.59. The van der Waals surface area contributed by atoms with Crippen LogP contribution in [-0.4, -0.2) is 46.8 Å². The number of halogens is 1. The van der Waals surface area contributed by atoms with Gasteiger partial charge in [0, 0.05) is 55.8 Å². The molecule has 0 saturated carbocycles. The predicted octanol–water partition coefficient (Wildman–Crippen LogP) is 3.63. The minimum atomic E-state index is -0.370. The van der Waals surface area contributed by atoms with E-state index in [1.807, 2.05) is 35.2 Å². The highest BCUT2D eigenvalue weighted by molar-refractivity contribution is 9.10. The van der Waals surface area contributed by atoms with Gasteiger partial charge >= 0.3 is 0 Å². The average molecular weight is 432 g/mol. The molecular weight excluding hydrogens is 410 g/mol. The smallest absolute Gasteiger partial charge is 0.269 e. The third-order valence-electron chi connectivity index (χ3n) is 4.82. The molecule has 1 aliphatic rings. The van der Waals surface area contributed by atoms with Crippen molar-refractivity contribution in [2.24, 2.45) is 0 Å². The highest BCUT2D eigenvalue weighted by Gasteiger charge is 2.21. The van der Waals surface area contributed by atoms with Crippen LogP contribution >= 0.6 is 15.9 Å². The topological polar surface area (TPSA) is 66.7 Å². The van der Waals surface area contributed by atoms with Gasteiger partial charge in [-0.25, -0.2) is 0 Å². The zero-order valence-corrected chi connectivity index (χ0v) is 16.6. The molecule has 0 spiro atoms. The third kappa shape index (κ3) is 5.37. The number of rotatable bonds is 6. The number of nitro benzene ring substituents is 1. The summed E-state index contributed by atoms with van der Waals surface area (Å²) in [7, 11) is 0. The number of hydrogen-bond acceptors (Lipinski definition) is 4. The van der Waals surface area contributed by atoms with E-state index >= 15 is 0 Å². The van der Waals surface area contributed by atoms with Crippen LogP contribution in [0, 0.1) is 10.1 Å². The number of amides is 1. The summed E-state index contributed by atoms with van der Waals surface area (Å²) in [5.74, 6) is 0.181. The number of non-ortho nitro benzene ring substituents is 1. The van der Waals surface area contributed by atoms with Crippen molar-refractivity contribution in [3.8, 4) is 0 Å². The molecule has 6 nitrogen and oxygen atoms in total. The van der Waals surface area contributed by atoms with Crippen molar-refractivity contribution in [1.29, 1.82) is 0 Å². The molecular formula is C20H22BrN3O3. The summed E-state index contributed by atoms with van der Waals surface area (Å²) >= 11 is 3.52. The zero-order valence-electron chi connectivity index (χ0n) is 15.0. The van der Waals surface area contributed by atoms with Gasteiger partial charge in [-0.05, 0) is 23.6 Å². The SMILES string of the molecule is O=C(CCc1ccccc1Br)N1CCN(Cc2cccc([N+](=O)[O-])c2)CC1. The van der Waals surface area contributed by atoms with Crippen LogP contribution in [-0.2, 0) is 17.8 Å². The van der Waals surface area contributed by atoms with Crippen LogP contribution < -0.4 is 0 Å². The van der Waals surface area contributed by atoms with Gasteiger partial charge in [0.25, 0.3) is 5.69 Å². The number of nitro groups is 1. The Hall–Kier alpha value is -2.25. The van der Waals surface area contributed by atoms with E-state index < -0.39 is 0 Å². The molecule has 1 aliphatic heterocycles. The molecule has 1 fully saturated rings. The Kier molecular flexibility index (Phi) is 6.58. The van der Waals surface area contributed by atoms with Gasteiger partial charge < -0.3 is 4.90 Å². The van der Waals surface area contributed by atoms with Crippen LogP contribution in [0.15, 0.2) is 53.0 Å². The minimum Gasteiger partial charge on any atom is -0.340 e. The lowest BCUT2D eigenvalue weighted by atomic mass is 10.1. The van der Waals surface area contributed by atoms with Gasteiger partial charge in [-0.2, -0.15) is 0 Å². The molecule has 2 aromatic rings. The predicted molar refractivity (Wildman–Crippen MR) is 107 cm³/mol.